The molecule has 0 fully saturated rings. The zero-order chi connectivity index (χ0) is 12.3. The highest BCUT2D eigenvalue weighted by atomic mass is 79.9. The van der Waals surface area contributed by atoms with Crippen molar-refractivity contribution in [3.8, 4) is 5.75 Å². The van der Waals surface area contributed by atoms with Crippen molar-refractivity contribution >= 4 is 44.5 Å². The highest BCUT2D eigenvalue weighted by Gasteiger charge is 2.02. The third kappa shape index (κ3) is 3.28. The summed E-state index contributed by atoms with van der Waals surface area (Å²) in [4.78, 5) is 1.57. The molecule has 2 nitrogen and oxygen atoms in total. The van der Waals surface area contributed by atoms with E-state index in [0.717, 1.165) is 15.8 Å². The molecule has 0 atom stereocenters. The third-order valence-electron chi connectivity index (χ3n) is 2.20. The third-order valence-corrected chi connectivity index (χ3v) is 4.34. The summed E-state index contributed by atoms with van der Waals surface area (Å²) < 4.78 is 6.75. The quantitative estimate of drug-likeness (QED) is 0.869. The van der Waals surface area contributed by atoms with Crippen molar-refractivity contribution in [2.75, 3.05) is 0 Å². The van der Waals surface area contributed by atoms with Gasteiger partial charge in [-0.1, -0.05) is 12.2 Å². The summed E-state index contributed by atoms with van der Waals surface area (Å²) in [5.74, 6) is 0.810. The van der Waals surface area contributed by atoms with Crippen molar-refractivity contribution in [1.29, 1.82) is 0 Å². The molecule has 88 valence electrons. The lowest BCUT2D eigenvalue weighted by Crippen LogP contribution is -2.08. The summed E-state index contributed by atoms with van der Waals surface area (Å²) in [6.45, 7) is 0.560. The van der Waals surface area contributed by atoms with Crippen LogP contribution in [0.3, 0.4) is 0 Å². The van der Waals surface area contributed by atoms with Crippen LogP contribution in [0.25, 0.3) is 0 Å². The molecule has 1 heterocycles. The van der Waals surface area contributed by atoms with Crippen LogP contribution in [-0.4, -0.2) is 4.99 Å². The van der Waals surface area contributed by atoms with Crippen LogP contribution in [0.5, 0.6) is 5.75 Å². The zero-order valence-corrected chi connectivity index (χ0v) is 12.1. The molecule has 0 saturated carbocycles. The first-order valence-corrected chi connectivity index (χ1v) is 6.99. The van der Waals surface area contributed by atoms with Crippen LogP contribution >= 0.6 is 39.5 Å². The highest BCUT2D eigenvalue weighted by molar-refractivity contribution is 9.10. The van der Waals surface area contributed by atoms with E-state index in [1.54, 1.807) is 11.3 Å². The summed E-state index contributed by atoms with van der Waals surface area (Å²) >= 11 is 10.0. The van der Waals surface area contributed by atoms with Gasteiger partial charge in [0.15, 0.2) is 0 Å². The van der Waals surface area contributed by atoms with Crippen molar-refractivity contribution in [3.63, 3.8) is 0 Å². The van der Waals surface area contributed by atoms with Crippen molar-refractivity contribution < 1.29 is 4.74 Å². The summed E-state index contributed by atoms with van der Waals surface area (Å²) in [6, 6.07) is 9.48. The van der Waals surface area contributed by atoms with Crippen LogP contribution in [0.4, 0.5) is 0 Å². The maximum Gasteiger partial charge on any atom is 0.124 e. The second-order valence-corrected chi connectivity index (χ2v) is 5.66. The van der Waals surface area contributed by atoms with E-state index in [4.69, 9.17) is 22.7 Å². The molecule has 0 aliphatic heterocycles. The molecule has 0 aliphatic rings. The maximum absolute atomic E-state index is 5.66. The number of thiophene rings is 1. The first kappa shape index (κ1) is 12.5. The van der Waals surface area contributed by atoms with Crippen molar-refractivity contribution in [2.45, 2.75) is 6.61 Å². The van der Waals surface area contributed by atoms with Crippen molar-refractivity contribution in [2.24, 2.45) is 5.73 Å². The minimum absolute atomic E-state index is 0.401. The van der Waals surface area contributed by atoms with Gasteiger partial charge in [0.25, 0.3) is 0 Å². The van der Waals surface area contributed by atoms with Crippen molar-refractivity contribution in [1.82, 2.24) is 0 Å². The number of rotatable bonds is 4. The average Bonchev–Trinajstić information content (AvgIpc) is 2.73. The van der Waals surface area contributed by atoms with Crippen LogP contribution in [-0.2, 0) is 6.61 Å². The predicted molar refractivity (Wildman–Crippen MR) is 78.7 cm³/mol. The fraction of sp³-hybridized carbons (Fsp3) is 0.0833. The summed E-state index contributed by atoms with van der Waals surface area (Å²) in [7, 11) is 0. The number of hydrogen-bond donors (Lipinski definition) is 1. The van der Waals surface area contributed by atoms with Crippen LogP contribution in [0.2, 0.25) is 0 Å². The molecule has 0 saturated heterocycles. The van der Waals surface area contributed by atoms with Crippen LogP contribution in [0.1, 0.15) is 10.4 Å². The SMILES string of the molecule is NC(=S)c1ccc(OCc2sccc2Br)cc1. The Morgan fingerprint density at radius 1 is 1.29 bits per heavy atom. The molecule has 0 aliphatic carbocycles. The first-order chi connectivity index (χ1) is 8.16. The molecule has 0 spiro atoms. The summed E-state index contributed by atoms with van der Waals surface area (Å²) in [6.07, 6.45) is 0. The van der Waals surface area contributed by atoms with Crippen LogP contribution in [0.15, 0.2) is 40.2 Å². The summed E-state index contributed by atoms with van der Waals surface area (Å²) in [5.41, 5.74) is 6.37. The molecule has 1 aromatic carbocycles. The Balaban J connectivity index is 2.00. The van der Waals surface area contributed by atoms with E-state index < -0.39 is 0 Å². The number of benzene rings is 1. The van der Waals surface area contributed by atoms with Crippen LogP contribution < -0.4 is 10.5 Å². The van der Waals surface area contributed by atoms with Gasteiger partial charge in [-0.2, -0.15) is 0 Å². The Morgan fingerprint density at radius 3 is 2.53 bits per heavy atom. The smallest absolute Gasteiger partial charge is 0.124 e. The monoisotopic (exact) mass is 327 g/mol. The second-order valence-electron chi connectivity index (χ2n) is 3.37. The Labute approximate surface area is 118 Å². The van der Waals surface area contributed by atoms with Crippen molar-refractivity contribution in [3.05, 3.63) is 50.6 Å². The largest absolute Gasteiger partial charge is 0.488 e. The minimum Gasteiger partial charge on any atom is -0.488 e. The van der Waals surface area contributed by atoms with Gasteiger partial charge in [-0.15, -0.1) is 11.3 Å². The van der Waals surface area contributed by atoms with Gasteiger partial charge in [-0.3, -0.25) is 0 Å². The minimum atomic E-state index is 0.401. The Hall–Kier alpha value is -0.910. The molecule has 2 N–H and O–H groups in total. The zero-order valence-electron chi connectivity index (χ0n) is 8.85. The van der Waals surface area contributed by atoms with Gasteiger partial charge in [0, 0.05) is 10.0 Å². The molecule has 2 rings (SSSR count). The number of hydrogen-bond acceptors (Lipinski definition) is 3. The Kier molecular flexibility index (Phi) is 4.15. The lowest BCUT2D eigenvalue weighted by atomic mass is 10.2. The predicted octanol–water partition coefficient (Wildman–Crippen LogP) is 3.72. The second kappa shape index (κ2) is 5.62. The average molecular weight is 328 g/mol. The van der Waals surface area contributed by atoms with E-state index in [9.17, 15) is 0 Å². The molecule has 0 amide bonds. The Morgan fingerprint density at radius 2 is 2.00 bits per heavy atom. The van der Waals surface area contributed by atoms with E-state index in [-0.39, 0.29) is 0 Å². The lowest BCUT2D eigenvalue weighted by molar-refractivity contribution is 0.309. The van der Waals surface area contributed by atoms with E-state index in [1.165, 1.54) is 4.88 Å². The van der Waals surface area contributed by atoms with Gasteiger partial charge >= 0.3 is 0 Å². The van der Waals surface area contributed by atoms with Gasteiger partial charge in [-0.25, -0.2) is 0 Å². The summed E-state index contributed by atoms with van der Waals surface area (Å²) in [5, 5.41) is 2.03. The normalized spacial score (nSPS) is 10.2. The van der Waals surface area contributed by atoms with Gasteiger partial charge in [-0.05, 0) is 51.6 Å². The number of ether oxygens (including phenoxy) is 1. The highest BCUT2D eigenvalue weighted by Crippen LogP contribution is 2.24. The van der Waals surface area contributed by atoms with E-state index >= 15 is 0 Å². The number of thiocarbonyl (C=S) groups is 1. The molecule has 0 unspecified atom stereocenters. The van der Waals surface area contributed by atoms with Crippen LogP contribution in [0, 0.1) is 0 Å². The molecule has 17 heavy (non-hydrogen) atoms. The lowest BCUT2D eigenvalue weighted by Gasteiger charge is -2.06. The van der Waals surface area contributed by atoms with E-state index in [1.807, 2.05) is 35.7 Å². The number of nitrogens with two attached hydrogens (primary N) is 1. The van der Waals surface area contributed by atoms with Gasteiger partial charge < -0.3 is 10.5 Å². The molecule has 2 aromatic rings. The fourth-order valence-electron chi connectivity index (χ4n) is 1.29. The molecule has 1 aromatic heterocycles. The van der Waals surface area contributed by atoms with Gasteiger partial charge in [0.2, 0.25) is 0 Å². The molecule has 5 heteroatoms. The molecular formula is C12H10BrNOS2. The fourth-order valence-corrected chi connectivity index (χ4v) is 2.81. The molecule has 0 radical (unpaired) electrons. The van der Waals surface area contributed by atoms with Gasteiger partial charge in [0.1, 0.15) is 17.3 Å². The number of halogens is 1. The topological polar surface area (TPSA) is 35.2 Å². The first-order valence-electron chi connectivity index (χ1n) is 4.91. The van der Waals surface area contributed by atoms with Gasteiger partial charge in [0.05, 0.1) is 4.88 Å². The van der Waals surface area contributed by atoms with E-state index in [2.05, 4.69) is 15.9 Å². The standard InChI is InChI=1S/C12H10BrNOS2/c13-10-5-6-17-11(10)7-15-9-3-1-8(2-4-9)12(14)16/h1-6H,7H2,(H2,14,16). The van der Waals surface area contributed by atoms with E-state index in [0.29, 0.717) is 11.6 Å². The Bertz CT molecular complexity index is 522. The molecule has 0 bridgehead atoms. The molecular weight excluding hydrogens is 318 g/mol. The maximum atomic E-state index is 5.66.